The normalized spacial score (nSPS) is 20.4. The minimum Gasteiger partial charge on any atom is -0.342 e. The molecule has 32 heavy (non-hydrogen) atoms. The maximum Gasteiger partial charge on any atom is 0.325 e. The van der Waals surface area contributed by atoms with Crippen LogP contribution in [-0.4, -0.2) is 57.8 Å². The maximum atomic E-state index is 12.8. The summed E-state index contributed by atoms with van der Waals surface area (Å²) in [4.78, 5) is 44.8. The summed E-state index contributed by atoms with van der Waals surface area (Å²) in [5.74, 6) is -0.110. The number of hydrogen-bond donors (Lipinski definition) is 1. The summed E-state index contributed by atoms with van der Waals surface area (Å²) in [5, 5.41) is 2.65. The molecule has 0 spiro atoms. The average molecular weight is 435 g/mol. The second-order valence-electron chi connectivity index (χ2n) is 9.19. The van der Waals surface area contributed by atoms with E-state index in [0.717, 1.165) is 29.9 Å². The van der Waals surface area contributed by atoms with Crippen molar-refractivity contribution in [1.82, 2.24) is 20.1 Å². The van der Waals surface area contributed by atoms with Crippen LogP contribution < -0.4 is 5.32 Å². The van der Waals surface area contributed by atoms with Crippen LogP contribution in [-0.2, 0) is 16.0 Å². The smallest absolute Gasteiger partial charge is 0.325 e. The third-order valence-corrected chi connectivity index (χ3v) is 6.28. The molecule has 1 aromatic carbocycles. The minimum atomic E-state index is -0.908. The van der Waals surface area contributed by atoms with Crippen LogP contribution in [0.2, 0.25) is 0 Å². The minimum absolute atomic E-state index is 0.0271. The van der Waals surface area contributed by atoms with Gasteiger partial charge < -0.3 is 10.2 Å². The molecule has 2 aliphatic heterocycles. The quantitative estimate of drug-likeness (QED) is 0.709. The summed E-state index contributed by atoms with van der Waals surface area (Å²) >= 11 is 0. The van der Waals surface area contributed by atoms with Crippen LogP contribution in [0.25, 0.3) is 0 Å². The van der Waals surface area contributed by atoms with Crippen molar-refractivity contribution in [3.8, 4) is 0 Å². The molecule has 1 atom stereocenters. The summed E-state index contributed by atoms with van der Waals surface area (Å²) in [6.07, 6.45) is 4.84. The molecule has 0 radical (unpaired) electrons. The van der Waals surface area contributed by atoms with E-state index >= 15 is 0 Å². The lowest BCUT2D eigenvalue weighted by Crippen LogP contribution is -2.42. The van der Waals surface area contributed by atoms with Gasteiger partial charge in [-0.15, -0.1) is 0 Å². The Morgan fingerprint density at radius 3 is 2.56 bits per heavy atom. The van der Waals surface area contributed by atoms with Gasteiger partial charge in [0, 0.05) is 43.9 Å². The van der Waals surface area contributed by atoms with Gasteiger partial charge in [-0.05, 0) is 50.3 Å². The molecule has 168 valence electrons. The molecule has 7 nitrogen and oxygen atoms in total. The van der Waals surface area contributed by atoms with Crippen LogP contribution in [0.4, 0.5) is 4.79 Å². The fraction of sp³-hybridized carbons (Fsp3) is 0.440. The molecule has 1 unspecified atom stereocenters. The van der Waals surface area contributed by atoms with Gasteiger partial charge in [0.25, 0.3) is 5.91 Å². The van der Waals surface area contributed by atoms with E-state index in [1.165, 1.54) is 11.1 Å². The van der Waals surface area contributed by atoms with E-state index < -0.39 is 11.6 Å². The van der Waals surface area contributed by atoms with Crippen molar-refractivity contribution in [2.75, 3.05) is 19.6 Å². The van der Waals surface area contributed by atoms with Gasteiger partial charge in [-0.1, -0.05) is 36.4 Å². The summed E-state index contributed by atoms with van der Waals surface area (Å²) in [6.45, 7) is 4.77. The number of rotatable bonds is 6. The van der Waals surface area contributed by atoms with Gasteiger partial charge in [0.1, 0.15) is 5.54 Å². The van der Waals surface area contributed by atoms with E-state index in [0.29, 0.717) is 13.1 Å². The number of imide groups is 1. The van der Waals surface area contributed by atoms with Crippen LogP contribution in [0.5, 0.6) is 0 Å². The van der Waals surface area contributed by atoms with Crippen molar-refractivity contribution < 1.29 is 14.4 Å². The van der Waals surface area contributed by atoms with E-state index in [-0.39, 0.29) is 30.7 Å². The molecule has 0 aliphatic carbocycles. The van der Waals surface area contributed by atoms with Gasteiger partial charge >= 0.3 is 6.03 Å². The second kappa shape index (κ2) is 9.10. The Balaban J connectivity index is 1.32. The fourth-order valence-electron chi connectivity index (χ4n) is 4.45. The number of amides is 4. The van der Waals surface area contributed by atoms with Crippen molar-refractivity contribution >= 4 is 17.8 Å². The van der Waals surface area contributed by atoms with Crippen LogP contribution >= 0.6 is 0 Å². The van der Waals surface area contributed by atoms with Crippen LogP contribution in [0.15, 0.2) is 48.7 Å². The SMILES string of the molecule is CC1(C)NC(=O)N(CCC(=O)N2CCCC(c3ccc(Cc4ccccc4)cn3)C2)C1=O. The molecule has 4 amide bonds. The zero-order chi connectivity index (χ0) is 22.7. The Morgan fingerprint density at radius 2 is 1.91 bits per heavy atom. The first-order valence-corrected chi connectivity index (χ1v) is 11.2. The highest BCUT2D eigenvalue weighted by Crippen LogP contribution is 2.26. The Hall–Kier alpha value is -3.22. The molecule has 4 rings (SSSR count). The topological polar surface area (TPSA) is 82.6 Å². The third kappa shape index (κ3) is 4.82. The van der Waals surface area contributed by atoms with Gasteiger partial charge in [0.2, 0.25) is 5.91 Å². The summed E-state index contributed by atoms with van der Waals surface area (Å²) in [7, 11) is 0. The molecule has 2 aliphatic rings. The van der Waals surface area contributed by atoms with E-state index in [9.17, 15) is 14.4 Å². The molecule has 3 heterocycles. The first-order chi connectivity index (χ1) is 15.3. The molecule has 7 heteroatoms. The van der Waals surface area contributed by atoms with Crippen LogP contribution in [0.3, 0.4) is 0 Å². The fourth-order valence-corrected chi connectivity index (χ4v) is 4.45. The Labute approximate surface area is 188 Å². The van der Waals surface area contributed by atoms with Gasteiger partial charge in [-0.25, -0.2) is 4.79 Å². The molecule has 2 fully saturated rings. The number of carbonyl (C=O) groups is 3. The summed E-state index contributed by atoms with van der Waals surface area (Å²) in [5.41, 5.74) is 2.52. The maximum absolute atomic E-state index is 12.8. The van der Waals surface area contributed by atoms with E-state index in [4.69, 9.17) is 4.98 Å². The number of likely N-dealkylation sites (tertiary alicyclic amines) is 1. The van der Waals surface area contributed by atoms with Crippen molar-refractivity contribution in [1.29, 1.82) is 0 Å². The first-order valence-electron chi connectivity index (χ1n) is 11.2. The number of hydrogen-bond acceptors (Lipinski definition) is 4. The highest BCUT2D eigenvalue weighted by Gasteiger charge is 2.44. The molecule has 2 aromatic rings. The number of urea groups is 1. The molecular formula is C25H30N4O3. The Bertz CT molecular complexity index is 988. The zero-order valence-corrected chi connectivity index (χ0v) is 18.7. The first kappa shape index (κ1) is 22.0. The summed E-state index contributed by atoms with van der Waals surface area (Å²) in [6, 6.07) is 14.1. The zero-order valence-electron chi connectivity index (χ0n) is 18.7. The lowest BCUT2D eigenvalue weighted by atomic mass is 9.93. The Morgan fingerprint density at radius 1 is 1.12 bits per heavy atom. The number of nitrogens with one attached hydrogen (secondary N) is 1. The predicted molar refractivity (Wildman–Crippen MR) is 121 cm³/mol. The molecule has 0 bridgehead atoms. The van der Waals surface area contributed by atoms with E-state index in [1.807, 2.05) is 29.3 Å². The van der Waals surface area contributed by atoms with Gasteiger partial charge in [0.05, 0.1) is 0 Å². The van der Waals surface area contributed by atoms with Crippen molar-refractivity contribution in [2.45, 2.75) is 51.0 Å². The van der Waals surface area contributed by atoms with Crippen LogP contribution in [0, 0.1) is 0 Å². The number of nitrogens with zero attached hydrogens (tertiary/aromatic N) is 3. The lowest BCUT2D eigenvalue weighted by Gasteiger charge is -2.33. The number of pyridine rings is 1. The van der Waals surface area contributed by atoms with Crippen LogP contribution in [0.1, 0.15) is 55.8 Å². The van der Waals surface area contributed by atoms with Crippen molar-refractivity contribution in [3.63, 3.8) is 0 Å². The average Bonchev–Trinajstić information content (AvgIpc) is 2.99. The number of benzene rings is 1. The molecular weight excluding hydrogens is 404 g/mol. The summed E-state index contributed by atoms with van der Waals surface area (Å²) < 4.78 is 0. The van der Waals surface area contributed by atoms with E-state index in [2.05, 4.69) is 29.6 Å². The van der Waals surface area contributed by atoms with Gasteiger partial charge in [-0.3, -0.25) is 19.5 Å². The highest BCUT2D eigenvalue weighted by molar-refractivity contribution is 6.06. The number of piperidine rings is 1. The second-order valence-corrected chi connectivity index (χ2v) is 9.19. The van der Waals surface area contributed by atoms with E-state index in [1.54, 1.807) is 13.8 Å². The molecule has 1 aromatic heterocycles. The van der Waals surface area contributed by atoms with Gasteiger partial charge in [0.15, 0.2) is 0 Å². The Kier molecular flexibility index (Phi) is 6.26. The number of carbonyl (C=O) groups excluding carboxylic acids is 3. The molecule has 1 N–H and O–H groups in total. The number of aromatic nitrogens is 1. The standard InChI is InChI=1S/C25H30N4O3/c1-25(2)23(31)29(24(32)27-25)14-12-22(30)28-13-6-9-20(17-28)21-11-10-19(16-26-21)15-18-7-4-3-5-8-18/h3-5,7-8,10-11,16,20H,6,9,12-15,17H2,1-2H3,(H,27,32). The lowest BCUT2D eigenvalue weighted by molar-refractivity contribution is -0.134. The molecule has 2 saturated heterocycles. The monoisotopic (exact) mass is 434 g/mol. The third-order valence-electron chi connectivity index (χ3n) is 6.28. The van der Waals surface area contributed by atoms with Crippen molar-refractivity contribution in [3.05, 3.63) is 65.5 Å². The highest BCUT2D eigenvalue weighted by atomic mass is 16.2. The van der Waals surface area contributed by atoms with Gasteiger partial charge in [-0.2, -0.15) is 0 Å². The predicted octanol–water partition coefficient (Wildman–Crippen LogP) is 3.10. The van der Waals surface area contributed by atoms with Crippen molar-refractivity contribution in [2.24, 2.45) is 0 Å². The molecule has 0 saturated carbocycles. The largest absolute Gasteiger partial charge is 0.342 e.